The molecule has 1 aliphatic heterocycles. The molecule has 0 spiro atoms. The second kappa shape index (κ2) is 4.05. The number of anilines is 3. The Morgan fingerprint density at radius 1 is 1.12 bits per heavy atom. The van der Waals surface area contributed by atoms with Crippen molar-refractivity contribution in [2.24, 2.45) is 5.92 Å². The van der Waals surface area contributed by atoms with E-state index in [1.807, 2.05) is 6.07 Å². The summed E-state index contributed by atoms with van der Waals surface area (Å²) in [6.07, 6.45) is 6.61. The van der Waals surface area contributed by atoms with Crippen LogP contribution in [0, 0.1) is 5.92 Å². The molecule has 4 N–H and O–H groups in total. The fraction of sp³-hybridized carbons (Fsp3) is 0.667. The molecular weight excluding hydrogens is 214 g/mol. The van der Waals surface area contributed by atoms with Gasteiger partial charge in [-0.1, -0.05) is 12.8 Å². The number of nitrogens with zero attached hydrogens (tertiary/aromatic N) is 3. The highest BCUT2D eigenvalue weighted by atomic mass is 15.3. The second-order valence-electron chi connectivity index (χ2n) is 5.10. The van der Waals surface area contributed by atoms with Crippen molar-refractivity contribution in [1.82, 2.24) is 9.97 Å². The van der Waals surface area contributed by atoms with Crippen LogP contribution in [-0.4, -0.2) is 22.6 Å². The maximum Gasteiger partial charge on any atom is 0.223 e. The standard InChI is InChI=1S/C12H19N5/c13-10-7-11(16-12(14)15-10)17-6-5-8-3-1-2-4-9(8)17/h7-9H,1-6H2,(H4,13,14,15,16). The van der Waals surface area contributed by atoms with E-state index in [1.54, 1.807) is 0 Å². The van der Waals surface area contributed by atoms with Crippen LogP contribution in [0.25, 0.3) is 0 Å². The smallest absolute Gasteiger partial charge is 0.223 e. The summed E-state index contributed by atoms with van der Waals surface area (Å²) in [4.78, 5) is 10.6. The maximum absolute atomic E-state index is 5.74. The van der Waals surface area contributed by atoms with Crippen LogP contribution in [0.1, 0.15) is 32.1 Å². The van der Waals surface area contributed by atoms with Crippen LogP contribution in [0.3, 0.4) is 0 Å². The largest absolute Gasteiger partial charge is 0.383 e. The van der Waals surface area contributed by atoms with Gasteiger partial charge in [0.2, 0.25) is 5.95 Å². The molecular formula is C12H19N5. The monoisotopic (exact) mass is 233 g/mol. The first-order chi connectivity index (χ1) is 8.24. The molecule has 2 fully saturated rings. The molecule has 92 valence electrons. The molecule has 1 saturated heterocycles. The van der Waals surface area contributed by atoms with E-state index in [1.165, 1.54) is 32.1 Å². The lowest BCUT2D eigenvalue weighted by Gasteiger charge is -2.32. The summed E-state index contributed by atoms with van der Waals surface area (Å²) in [5.41, 5.74) is 11.4. The highest BCUT2D eigenvalue weighted by Crippen LogP contribution is 2.38. The number of nitrogens with two attached hydrogens (primary N) is 2. The topological polar surface area (TPSA) is 81.1 Å². The molecule has 17 heavy (non-hydrogen) atoms. The zero-order valence-electron chi connectivity index (χ0n) is 9.97. The van der Waals surface area contributed by atoms with Gasteiger partial charge in [0, 0.05) is 18.7 Å². The zero-order valence-corrected chi connectivity index (χ0v) is 9.97. The highest BCUT2D eigenvalue weighted by Gasteiger charge is 2.36. The van der Waals surface area contributed by atoms with E-state index in [0.717, 1.165) is 18.3 Å². The first-order valence-corrected chi connectivity index (χ1v) is 6.41. The van der Waals surface area contributed by atoms with E-state index in [9.17, 15) is 0 Å². The lowest BCUT2D eigenvalue weighted by atomic mass is 9.85. The molecule has 1 aromatic rings. The molecule has 0 radical (unpaired) electrons. The minimum absolute atomic E-state index is 0.277. The first kappa shape index (κ1) is 10.6. The van der Waals surface area contributed by atoms with Crippen LogP contribution in [-0.2, 0) is 0 Å². The van der Waals surface area contributed by atoms with Gasteiger partial charge in [0.1, 0.15) is 11.6 Å². The van der Waals surface area contributed by atoms with Crippen molar-refractivity contribution in [3.05, 3.63) is 6.07 Å². The van der Waals surface area contributed by atoms with Gasteiger partial charge in [-0.3, -0.25) is 0 Å². The molecule has 0 aromatic carbocycles. The van der Waals surface area contributed by atoms with E-state index >= 15 is 0 Å². The molecule has 2 unspecified atom stereocenters. The molecule has 1 aliphatic carbocycles. The van der Waals surface area contributed by atoms with Crippen LogP contribution in [0.4, 0.5) is 17.6 Å². The van der Waals surface area contributed by atoms with E-state index in [4.69, 9.17) is 11.5 Å². The molecule has 5 heteroatoms. The van der Waals surface area contributed by atoms with Crippen LogP contribution >= 0.6 is 0 Å². The van der Waals surface area contributed by atoms with E-state index in [-0.39, 0.29) is 5.95 Å². The average Bonchev–Trinajstić information content (AvgIpc) is 2.71. The molecule has 2 aliphatic rings. The van der Waals surface area contributed by atoms with Crippen molar-refractivity contribution < 1.29 is 0 Å². The van der Waals surface area contributed by atoms with Gasteiger partial charge in [0.15, 0.2) is 0 Å². The number of hydrogen-bond acceptors (Lipinski definition) is 5. The molecule has 3 rings (SSSR count). The highest BCUT2D eigenvalue weighted by molar-refractivity contribution is 5.52. The van der Waals surface area contributed by atoms with Crippen molar-refractivity contribution in [2.75, 3.05) is 22.9 Å². The summed E-state index contributed by atoms with van der Waals surface area (Å²) in [6, 6.07) is 2.48. The lowest BCUT2D eigenvalue weighted by Crippen LogP contribution is -2.35. The Kier molecular flexibility index (Phi) is 2.53. The molecule has 0 bridgehead atoms. The number of rotatable bonds is 1. The van der Waals surface area contributed by atoms with Crippen molar-refractivity contribution >= 4 is 17.6 Å². The number of aromatic nitrogens is 2. The molecule has 0 amide bonds. The third-order valence-electron chi connectivity index (χ3n) is 4.05. The second-order valence-corrected chi connectivity index (χ2v) is 5.10. The van der Waals surface area contributed by atoms with Crippen LogP contribution in [0.5, 0.6) is 0 Å². The third-order valence-corrected chi connectivity index (χ3v) is 4.05. The van der Waals surface area contributed by atoms with E-state index in [2.05, 4.69) is 14.9 Å². The minimum Gasteiger partial charge on any atom is -0.383 e. The summed E-state index contributed by atoms with van der Waals surface area (Å²) in [5, 5.41) is 0. The van der Waals surface area contributed by atoms with Gasteiger partial charge in [0.25, 0.3) is 0 Å². The molecule has 1 saturated carbocycles. The Balaban J connectivity index is 1.88. The predicted octanol–water partition coefficient (Wildman–Crippen LogP) is 1.41. The SMILES string of the molecule is Nc1cc(N2CCC3CCCCC32)nc(N)n1. The molecule has 5 nitrogen and oxygen atoms in total. The van der Waals surface area contributed by atoms with Crippen molar-refractivity contribution in [3.63, 3.8) is 0 Å². The van der Waals surface area contributed by atoms with Gasteiger partial charge in [-0.05, 0) is 25.2 Å². The Hall–Kier alpha value is -1.52. The lowest BCUT2D eigenvalue weighted by molar-refractivity contribution is 0.341. The molecule has 2 atom stereocenters. The van der Waals surface area contributed by atoms with Crippen LogP contribution in [0.2, 0.25) is 0 Å². The molecule has 1 aromatic heterocycles. The van der Waals surface area contributed by atoms with Gasteiger partial charge >= 0.3 is 0 Å². The van der Waals surface area contributed by atoms with E-state index < -0.39 is 0 Å². The van der Waals surface area contributed by atoms with Gasteiger partial charge in [-0.2, -0.15) is 9.97 Å². The fourth-order valence-corrected chi connectivity index (χ4v) is 3.31. The Morgan fingerprint density at radius 2 is 1.94 bits per heavy atom. The number of nitrogen functional groups attached to an aromatic ring is 2. The maximum atomic E-state index is 5.74. The summed E-state index contributed by atoms with van der Waals surface area (Å²) in [6.45, 7) is 1.07. The molecule has 2 heterocycles. The van der Waals surface area contributed by atoms with Crippen LogP contribution < -0.4 is 16.4 Å². The number of fused-ring (bicyclic) bond motifs is 1. The normalized spacial score (nSPS) is 28.1. The van der Waals surface area contributed by atoms with Gasteiger partial charge < -0.3 is 16.4 Å². The van der Waals surface area contributed by atoms with Gasteiger partial charge in [-0.15, -0.1) is 0 Å². The van der Waals surface area contributed by atoms with Crippen molar-refractivity contribution in [1.29, 1.82) is 0 Å². The number of hydrogen-bond donors (Lipinski definition) is 2. The van der Waals surface area contributed by atoms with Gasteiger partial charge in [0.05, 0.1) is 0 Å². The van der Waals surface area contributed by atoms with Gasteiger partial charge in [-0.25, -0.2) is 0 Å². The Labute approximate surface area is 101 Å². The third kappa shape index (κ3) is 1.90. The zero-order chi connectivity index (χ0) is 11.8. The minimum atomic E-state index is 0.277. The predicted molar refractivity (Wildman–Crippen MR) is 68.6 cm³/mol. The van der Waals surface area contributed by atoms with Crippen LogP contribution in [0.15, 0.2) is 6.07 Å². The fourth-order valence-electron chi connectivity index (χ4n) is 3.31. The average molecular weight is 233 g/mol. The first-order valence-electron chi connectivity index (χ1n) is 6.41. The summed E-state index contributed by atoms with van der Waals surface area (Å²) in [5.74, 6) is 2.48. The quantitative estimate of drug-likeness (QED) is 0.766. The summed E-state index contributed by atoms with van der Waals surface area (Å²) < 4.78 is 0. The summed E-state index contributed by atoms with van der Waals surface area (Å²) >= 11 is 0. The summed E-state index contributed by atoms with van der Waals surface area (Å²) in [7, 11) is 0. The Bertz CT molecular complexity index is 399. The van der Waals surface area contributed by atoms with Crippen molar-refractivity contribution in [2.45, 2.75) is 38.1 Å². The van der Waals surface area contributed by atoms with E-state index in [0.29, 0.717) is 11.9 Å². The Morgan fingerprint density at radius 3 is 2.76 bits per heavy atom. The van der Waals surface area contributed by atoms with Crippen molar-refractivity contribution in [3.8, 4) is 0 Å².